The monoisotopic (exact) mass is 249 g/mol. The summed E-state index contributed by atoms with van der Waals surface area (Å²) in [5.74, 6) is 0.0999. The molecule has 1 aromatic heterocycles. The Labute approximate surface area is 109 Å². The number of amides is 1. The van der Waals surface area contributed by atoms with Gasteiger partial charge in [-0.15, -0.1) is 0 Å². The molecule has 1 aliphatic rings. The third-order valence-electron chi connectivity index (χ3n) is 3.79. The quantitative estimate of drug-likeness (QED) is 0.876. The van der Waals surface area contributed by atoms with E-state index in [0.29, 0.717) is 11.4 Å². The Morgan fingerprint density at radius 3 is 2.61 bits per heavy atom. The molecule has 4 nitrogen and oxygen atoms in total. The molecule has 0 radical (unpaired) electrons. The van der Waals surface area contributed by atoms with Crippen LogP contribution in [0.1, 0.15) is 57.1 Å². The van der Waals surface area contributed by atoms with E-state index < -0.39 is 0 Å². The minimum absolute atomic E-state index is 0.0437. The Bertz CT molecular complexity index is 460. The third-order valence-corrected chi connectivity index (χ3v) is 3.79. The van der Waals surface area contributed by atoms with Crippen LogP contribution in [0.25, 0.3) is 0 Å². The van der Waals surface area contributed by atoms with Crippen LogP contribution in [-0.2, 0) is 0 Å². The van der Waals surface area contributed by atoms with Crippen LogP contribution in [0.2, 0.25) is 0 Å². The fourth-order valence-corrected chi connectivity index (χ4v) is 2.72. The molecule has 1 amide bonds. The Morgan fingerprint density at radius 2 is 2.11 bits per heavy atom. The van der Waals surface area contributed by atoms with Gasteiger partial charge in [-0.1, -0.05) is 0 Å². The van der Waals surface area contributed by atoms with Gasteiger partial charge in [-0.05, 0) is 46.6 Å². The summed E-state index contributed by atoms with van der Waals surface area (Å²) in [6.07, 6.45) is 3.99. The summed E-state index contributed by atoms with van der Waals surface area (Å²) in [4.78, 5) is 14.6. The van der Waals surface area contributed by atoms with E-state index in [9.17, 15) is 4.79 Å². The number of likely N-dealkylation sites (tertiary alicyclic amines) is 1. The van der Waals surface area contributed by atoms with Crippen LogP contribution in [-0.4, -0.2) is 27.5 Å². The van der Waals surface area contributed by atoms with Crippen molar-refractivity contribution in [3.63, 3.8) is 0 Å². The molecule has 1 aromatic rings. The van der Waals surface area contributed by atoms with E-state index in [1.807, 2.05) is 15.7 Å². The maximum Gasteiger partial charge on any atom is 0.271 e. The number of hydrogen-bond acceptors (Lipinski definition) is 2. The van der Waals surface area contributed by atoms with Gasteiger partial charge in [0.25, 0.3) is 5.91 Å². The van der Waals surface area contributed by atoms with Gasteiger partial charge in [0.1, 0.15) is 5.69 Å². The first kappa shape index (κ1) is 13.0. The van der Waals surface area contributed by atoms with Crippen LogP contribution >= 0.6 is 0 Å². The standard InChI is InChI=1S/C14H23N3O/c1-10(2)16-9-11(15)8-12(16)13(18)17-7-5-6-14(17,3)4/h8-10H,5-7,15H2,1-4H3. The van der Waals surface area contributed by atoms with Gasteiger partial charge < -0.3 is 15.2 Å². The fourth-order valence-electron chi connectivity index (χ4n) is 2.72. The number of nitrogens with two attached hydrogens (primary N) is 1. The average Bonchev–Trinajstić information content (AvgIpc) is 2.80. The van der Waals surface area contributed by atoms with E-state index in [1.54, 1.807) is 6.07 Å². The molecule has 0 atom stereocenters. The van der Waals surface area contributed by atoms with Gasteiger partial charge in [-0.3, -0.25) is 4.79 Å². The lowest BCUT2D eigenvalue weighted by molar-refractivity contribution is 0.0639. The molecule has 1 fully saturated rings. The van der Waals surface area contributed by atoms with E-state index in [1.165, 1.54) is 0 Å². The number of aromatic nitrogens is 1. The first-order chi connectivity index (χ1) is 8.33. The molecule has 0 aromatic carbocycles. The Morgan fingerprint density at radius 1 is 1.44 bits per heavy atom. The largest absolute Gasteiger partial charge is 0.397 e. The van der Waals surface area contributed by atoms with Crippen LogP contribution in [0.15, 0.2) is 12.3 Å². The number of hydrogen-bond donors (Lipinski definition) is 1. The van der Waals surface area contributed by atoms with Crippen LogP contribution in [0, 0.1) is 0 Å². The predicted molar refractivity (Wildman–Crippen MR) is 73.6 cm³/mol. The van der Waals surface area contributed by atoms with Crippen molar-refractivity contribution < 1.29 is 4.79 Å². The molecule has 18 heavy (non-hydrogen) atoms. The number of carbonyl (C=O) groups excluding carboxylic acids is 1. The van der Waals surface area contributed by atoms with Gasteiger partial charge in [-0.25, -0.2) is 0 Å². The van der Waals surface area contributed by atoms with Gasteiger partial charge >= 0.3 is 0 Å². The Balaban J connectivity index is 2.34. The van der Waals surface area contributed by atoms with Crippen molar-refractivity contribution in [3.8, 4) is 0 Å². The van der Waals surface area contributed by atoms with E-state index in [-0.39, 0.29) is 17.5 Å². The number of nitrogen functional groups attached to an aromatic ring is 1. The first-order valence-electron chi connectivity index (χ1n) is 6.62. The topological polar surface area (TPSA) is 51.3 Å². The van der Waals surface area contributed by atoms with Crippen LogP contribution in [0.4, 0.5) is 5.69 Å². The summed E-state index contributed by atoms with van der Waals surface area (Å²) in [6.45, 7) is 9.22. The highest BCUT2D eigenvalue weighted by Crippen LogP contribution is 2.30. The molecule has 0 spiro atoms. The van der Waals surface area contributed by atoms with Crippen molar-refractivity contribution in [2.45, 2.75) is 52.1 Å². The second kappa shape index (κ2) is 4.34. The highest BCUT2D eigenvalue weighted by atomic mass is 16.2. The average molecular weight is 249 g/mol. The van der Waals surface area contributed by atoms with Crippen molar-refractivity contribution >= 4 is 11.6 Å². The lowest BCUT2D eigenvalue weighted by Gasteiger charge is -2.32. The summed E-state index contributed by atoms with van der Waals surface area (Å²) < 4.78 is 1.96. The third kappa shape index (κ3) is 2.11. The Kier molecular flexibility index (Phi) is 3.13. The predicted octanol–water partition coefficient (Wildman–Crippen LogP) is 2.67. The van der Waals surface area contributed by atoms with E-state index in [4.69, 9.17) is 5.73 Å². The second-order valence-electron chi connectivity index (χ2n) is 6.03. The molecular weight excluding hydrogens is 226 g/mol. The zero-order valence-electron chi connectivity index (χ0n) is 11.7. The molecule has 0 bridgehead atoms. The first-order valence-corrected chi connectivity index (χ1v) is 6.62. The zero-order valence-corrected chi connectivity index (χ0v) is 11.7. The summed E-state index contributed by atoms with van der Waals surface area (Å²) >= 11 is 0. The zero-order chi connectivity index (χ0) is 13.5. The smallest absolute Gasteiger partial charge is 0.271 e. The lowest BCUT2D eigenvalue weighted by atomic mass is 10.0. The molecule has 2 N–H and O–H groups in total. The van der Waals surface area contributed by atoms with Crippen LogP contribution in [0.3, 0.4) is 0 Å². The van der Waals surface area contributed by atoms with Crippen molar-refractivity contribution in [2.75, 3.05) is 12.3 Å². The number of anilines is 1. The van der Waals surface area contributed by atoms with Crippen LogP contribution < -0.4 is 5.73 Å². The minimum atomic E-state index is -0.0437. The van der Waals surface area contributed by atoms with Gasteiger partial charge in [0.05, 0.1) is 5.69 Å². The van der Waals surface area contributed by atoms with Crippen LogP contribution in [0.5, 0.6) is 0 Å². The normalized spacial score (nSPS) is 18.6. The molecule has 0 unspecified atom stereocenters. The number of carbonyl (C=O) groups is 1. The molecule has 2 heterocycles. The highest BCUT2D eigenvalue weighted by Gasteiger charge is 2.36. The lowest BCUT2D eigenvalue weighted by Crippen LogP contribution is -2.43. The van der Waals surface area contributed by atoms with Gasteiger partial charge in [-0.2, -0.15) is 0 Å². The maximum absolute atomic E-state index is 12.7. The molecule has 0 aliphatic carbocycles. The van der Waals surface area contributed by atoms with Gasteiger partial charge in [0, 0.05) is 24.3 Å². The Hall–Kier alpha value is -1.45. The van der Waals surface area contributed by atoms with E-state index in [2.05, 4.69) is 27.7 Å². The molecule has 2 rings (SSSR count). The summed E-state index contributed by atoms with van der Waals surface area (Å²) in [6, 6.07) is 2.03. The van der Waals surface area contributed by atoms with Gasteiger partial charge in [0.15, 0.2) is 0 Å². The molecule has 100 valence electrons. The summed E-state index contributed by atoms with van der Waals surface area (Å²) in [5.41, 5.74) is 7.15. The number of nitrogens with zero attached hydrogens (tertiary/aromatic N) is 2. The molecule has 0 saturated carbocycles. The summed E-state index contributed by atoms with van der Waals surface area (Å²) in [5, 5.41) is 0. The number of rotatable bonds is 2. The van der Waals surface area contributed by atoms with Gasteiger partial charge in [0.2, 0.25) is 0 Å². The second-order valence-corrected chi connectivity index (χ2v) is 6.03. The molecular formula is C14H23N3O. The minimum Gasteiger partial charge on any atom is -0.397 e. The maximum atomic E-state index is 12.7. The van der Waals surface area contributed by atoms with Crippen molar-refractivity contribution in [1.82, 2.24) is 9.47 Å². The fraction of sp³-hybridized carbons (Fsp3) is 0.643. The molecule has 1 aliphatic heterocycles. The SMILES string of the molecule is CC(C)n1cc(N)cc1C(=O)N1CCCC1(C)C. The highest BCUT2D eigenvalue weighted by molar-refractivity contribution is 5.94. The van der Waals surface area contributed by atoms with Crippen molar-refractivity contribution in [3.05, 3.63) is 18.0 Å². The summed E-state index contributed by atoms with van der Waals surface area (Å²) in [7, 11) is 0. The molecule has 1 saturated heterocycles. The van der Waals surface area contributed by atoms with Crippen molar-refractivity contribution in [1.29, 1.82) is 0 Å². The van der Waals surface area contributed by atoms with E-state index in [0.717, 1.165) is 19.4 Å². The molecule has 4 heteroatoms. The van der Waals surface area contributed by atoms with E-state index >= 15 is 0 Å². The van der Waals surface area contributed by atoms with Crippen molar-refractivity contribution in [2.24, 2.45) is 0 Å².